The number of carbonyl (C=O) groups excluding carboxylic acids is 1. The summed E-state index contributed by atoms with van der Waals surface area (Å²) in [7, 11) is 0. The average Bonchev–Trinajstić information content (AvgIpc) is 2.62. The number of aryl methyl sites for hydroxylation is 1. The van der Waals surface area contributed by atoms with E-state index in [1.54, 1.807) is 11.3 Å². The summed E-state index contributed by atoms with van der Waals surface area (Å²) < 4.78 is 0. The van der Waals surface area contributed by atoms with Crippen LogP contribution in [0.25, 0.3) is 0 Å². The first kappa shape index (κ1) is 12.6. The zero-order valence-electron chi connectivity index (χ0n) is 9.19. The number of aromatic nitrogens is 1. The number of hydrogen-bond donors (Lipinski definition) is 2. The van der Waals surface area contributed by atoms with Gasteiger partial charge in [-0.25, -0.2) is 4.98 Å². The van der Waals surface area contributed by atoms with Crippen molar-refractivity contribution in [2.45, 2.75) is 20.3 Å². The third-order valence-corrected chi connectivity index (χ3v) is 2.93. The monoisotopic (exact) mass is 242 g/mol. The van der Waals surface area contributed by atoms with Gasteiger partial charge in [0.25, 0.3) is 0 Å². The van der Waals surface area contributed by atoms with E-state index in [9.17, 15) is 9.59 Å². The van der Waals surface area contributed by atoms with Gasteiger partial charge in [0, 0.05) is 18.3 Å². The van der Waals surface area contributed by atoms with E-state index in [1.807, 2.05) is 12.3 Å². The third kappa shape index (κ3) is 3.62. The van der Waals surface area contributed by atoms with Crippen molar-refractivity contribution in [1.29, 1.82) is 0 Å². The summed E-state index contributed by atoms with van der Waals surface area (Å²) in [5, 5.41) is 14.1. The minimum atomic E-state index is -1.11. The smallest absolute Gasteiger partial charge is 0.315 e. The van der Waals surface area contributed by atoms with E-state index in [0.717, 1.165) is 10.7 Å². The summed E-state index contributed by atoms with van der Waals surface area (Å²) in [5.74, 6) is -2.57. The molecule has 0 aromatic carbocycles. The molecule has 88 valence electrons. The highest BCUT2D eigenvalue weighted by Crippen LogP contribution is 2.07. The van der Waals surface area contributed by atoms with Crippen LogP contribution in [-0.2, 0) is 16.0 Å². The topological polar surface area (TPSA) is 79.3 Å². The average molecular weight is 242 g/mol. The normalized spacial score (nSPS) is 12.1. The van der Waals surface area contributed by atoms with Crippen LogP contribution in [0.15, 0.2) is 5.38 Å². The highest BCUT2D eigenvalue weighted by molar-refractivity contribution is 7.09. The molecule has 0 fully saturated rings. The van der Waals surface area contributed by atoms with E-state index >= 15 is 0 Å². The largest absolute Gasteiger partial charge is 0.481 e. The fraction of sp³-hybridized carbons (Fsp3) is 0.500. The van der Waals surface area contributed by atoms with Gasteiger partial charge >= 0.3 is 5.97 Å². The van der Waals surface area contributed by atoms with E-state index in [-0.39, 0.29) is 0 Å². The van der Waals surface area contributed by atoms with E-state index in [4.69, 9.17) is 5.11 Å². The van der Waals surface area contributed by atoms with Crippen LogP contribution in [0.2, 0.25) is 0 Å². The molecule has 0 saturated heterocycles. The van der Waals surface area contributed by atoms with Gasteiger partial charge in [0.1, 0.15) is 5.92 Å². The predicted molar refractivity (Wildman–Crippen MR) is 60.4 cm³/mol. The molecule has 1 amide bonds. The molecule has 1 aromatic rings. The van der Waals surface area contributed by atoms with Crippen LogP contribution in [0.1, 0.15) is 17.6 Å². The molecule has 1 rings (SSSR count). The number of nitrogens with zero attached hydrogens (tertiary/aromatic N) is 1. The molecule has 0 saturated carbocycles. The van der Waals surface area contributed by atoms with Gasteiger partial charge in [-0.3, -0.25) is 9.59 Å². The van der Waals surface area contributed by atoms with Gasteiger partial charge in [0.05, 0.1) is 10.7 Å². The summed E-state index contributed by atoms with van der Waals surface area (Å²) in [5.41, 5.74) is 0.922. The lowest BCUT2D eigenvalue weighted by Crippen LogP contribution is -2.34. The number of amides is 1. The van der Waals surface area contributed by atoms with Crippen molar-refractivity contribution >= 4 is 23.2 Å². The Labute approximate surface area is 97.5 Å². The summed E-state index contributed by atoms with van der Waals surface area (Å²) in [4.78, 5) is 26.0. The van der Waals surface area contributed by atoms with Crippen molar-refractivity contribution in [3.05, 3.63) is 16.1 Å². The number of thiazole rings is 1. The van der Waals surface area contributed by atoms with Gasteiger partial charge in [-0.05, 0) is 13.8 Å². The molecule has 1 atom stereocenters. The molecule has 2 N–H and O–H groups in total. The zero-order chi connectivity index (χ0) is 12.1. The van der Waals surface area contributed by atoms with Crippen LogP contribution in [0, 0.1) is 12.8 Å². The molecule has 1 unspecified atom stereocenters. The zero-order valence-corrected chi connectivity index (χ0v) is 10.0. The number of carboxylic acid groups (broad SMARTS) is 1. The molecule has 6 heteroatoms. The number of carbonyl (C=O) groups is 2. The first-order valence-electron chi connectivity index (χ1n) is 4.92. The summed E-state index contributed by atoms with van der Waals surface area (Å²) >= 11 is 1.56. The summed E-state index contributed by atoms with van der Waals surface area (Å²) in [6, 6.07) is 0. The minimum Gasteiger partial charge on any atom is -0.481 e. The SMILES string of the molecule is Cc1nc(CCNC(=O)C(C)C(=O)O)cs1. The predicted octanol–water partition coefficient (Wildman–Crippen LogP) is 0.831. The Hall–Kier alpha value is -1.43. The van der Waals surface area contributed by atoms with Gasteiger partial charge < -0.3 is 10.4 Å². The molecular weight excluding hydrogens is 228 g/mol. The van der Waals surface area contributed by atoms with Crippen molar-refractivity contribution in [3.63, 3.8) is 0 Å². The Morgan fingerprint density at radius 3 is 2.81 bits per heavy atom. The molecule has 1 aromatic heterocycles. The third-order valence-electron chi connectivity index (χ3n) is 2.11. The second-order valence-electron chi connectivity index (χ2n) is 3.46. The second-order valence-corrected chi connectivity index (χ2v) is 4.52. The van der Waals surface area contributed by atoms with Gasteiger partial charge in [0.2, 0.25) is 5.91 Å². The Balaban J connectivity index is 2.30. The molecule has 0 bridgehead atoms. The lowest BCUT2D eigenvalue weighted by atomic mass is 10.1. The van der Waals surface area contributed by atoms with Crippen molar-refractivity contribution in [1.82, 2.24) is 10.3 Å². The standard InChI is InChI=1S/C10H14N2O3S/c1-6(10(14)15)9(13)11-4-3-8-5-16-7(2)12-8/h5-6H,3-4H2,1-2H3,(H,11,13)(H,14,15). The highest BCUT2D eigenvalue weighted by Gasteiger charge is 2.19. The molecular formula is C10H14N2O3S. The maximum Gasteiger partial charge on any atom is 0.315 e. The molecule has 0 spiro atoms. The number of aliphatic carboxylic acids is 1. The van der Waals surface area contributed by atoms with Crippen LogP contribution in [0.5, 0.6) is 0 Å². The first-order valence-corrected chi connectivity index (χ1v) is 5.80. The maximum absolute atomic E-state index is 11.3. The fourth-order valence-corrected chi connectivity index (χ4v) is 1.75. The van der Waals surface area contributed by atoms with Crippen LogP contribution in [0.4, 0.5) is 0 Å². The van der Waals surface area contributed by atoms with Gasteiger partial charge in [-0.15, -0.1) is 11.3 Å². The Morgan fingerprint density at radius 1 is 1.62 bits per heavy atom. The van der Waals surface area contributed by atoms with Crippen LogP contribution in [0.3, 0.4) is 0 Å². The van der Waals surface area contributed by atoms with Crippen molar-refractivity contribution < 1.29 is 14.7 Å². The second kappa shape index (κ2) is 5.60. The Morgan fingerprint density at radius 2 is 2.31 bits per heavy atom. The molecule has 0 radical (unpaired) electrons. The molecule has 0 aliphatic heterocycles. The summed E-state index contributed by atoms with van der Waals surface area (Å²) in [6.45, 7) is 3.70. The highest BCUT2D eigenvalue weighted by atomic mass is 32.1. The lowest BCUT2D eigenvalue weighted by molar-refractivity contribution is -0.146. The molecule has 5 nitrogen and oxygen atoms in total. The Kier molecular flexibility index (Phi) is 4.42. The maximum atomic E-state index is 11.3. The molecule has 1 heterocycles. The molecule has 16 heavy (non-hydrogen) atoms. The van der Waals surface area contributed by atoms with Gasteiger partial charge in [-0.2, -0.15) is 0 Å². The molecule has 0 aliphatic rings. The van der Waals surface area contributed by atoms with E-state index in [1.165, 1.54) is 6.92 Å². The fourth-order valence-electron chi connectivity index (χ4n) is 1.10. The number of carboxylic acids is 1. The number of hydrogen-bond acceptors (Lipinski definition) is 4. The first-order chi connectivity index (χ1) is 7.50. The number of nitrogens with one attached hydrogen (secondary N) is 1. The van der Waals surface area contributed by atoms with Crippen LogP contribution < -0.4 is 5.32 Å². The number of rotatable bonds is 5. The minimum absolute atomic E-state index is 0.416. The molecule has 0 aliphatic carbocycles. The van der Waals surface area contributed by atoms with Crippen LogP contribution >= 0.6 is 11.3 Å². The van der Waals surface area contributed by atoms with Crippen molar-refractivity contribution in [2.24, 2.45) is 5.92 Å². The van der Waals surface area contributed by atoms with E-state index in [2.05, 4.69) is 10.3 Å². The van der Waals surface area contributed by atoms with E-state index in [0.29, 0.717) is 13.0 Å². The van der Waals surface area contributed by atoms with Crippen molar-refractivity contribution in [3.8, 4) is 0 Å². The van der Waals surface area contributed by atoms with Crippen molar-refractivity contribution in [2.75, 3.05) is 6.54 Å². The van der Waals surface area contributed by atoms with Crippen LogP contribution in [-0.4, -0.2) is 28.5 Å². The van der Waals surface area contributed by atoms with Gasteiger partial charge in [-0.1, -0.05) is 0 Å². The quantitative estimate of drug-likeness (QED) is 0.750. The lowest BCUT2D eigenvalue weighted by Gasteiger charge is -2.06. The van der Waals surface area contributed by atoms with E-state index < -0.39 is 17.8 Å². The summed E-state index contributed by atoms with van der Waals surface area (Å²) in [6.07, 6.45) is 0.627. The Bertz CT molecular complexity index is 389. The van der Waals surface area contributed by atoms with Gasteiger partial charge in [0.15, 0.2) is 0 Å².